The zero-order valence-electron chi connectivity index (χ0n) is 5.91. The molecule has 0 aliphatic carbocycles. The smallest absolute Gasteiger partial charge is 0.246 e. The highest BCUT2D eigenvalue weighted by Crippen LogP contribution is 2.05. The van der Waals surface area contributed by atoms with Crippen LogP contribution in [0.4, 0.5) is 0 Å². The number of aromatic nitrogens is 3. The number of rotatable bonds is 2. The molecular weight excluding hydrogens is 199 g/mol. The zero-order chi connectivity index (χ0) is 8.97. The van der Waals surface area contributed by atoms with Gasteiger partial charge in [-0.1, -0.05) is 23.2 Å². The Morgan fingerprint density at radius 2 is 2.58 bits per heavy atom. The van der Waals surface area contributed by atoms with Crippen LogP contribution in [0.5, 0.6) is 0 Å². The standard InChI is InChI=1S/C6H4Cl2N4/c7-1-5(8)3-12-4-10-6(2-9)11-12/h1,4H,3H2. The molecule has 0 aliphatic heterocycles. The number of hydrogen-bond acceptors (Lipinski definition) is 3. The highest BCUT2D eigenvalue weighted by molar-refractivity contribution is 6.36. The van der Waals surface area contributed by atoms with E-state index in [1.807, 2.05) is 0 Å². The van der Waals surface area contributed by atoms with E-state index < -0.39 is 0 Å². The summed E-state index contributed by atoms with van der Waals surface area (Å²) in [7, 11) is 0. The van der Waals surface area contributed by atoms with Crippen LogP contribution in [0, 0.1) is 11.3 Å². The average Bonchev–Trinajstić information content (AvgIpc) is 2.52. The van der Waals surface area contributed by atoms with Crippen LogP contribution < -0.4 is 0 Å². The second kappa shape index (κ2) is 4.10. The summed E-state index contributed by atoms with van der Waals surface area (Å²) in [5.41, 5.74) is 1.25. The summed E-state index contributed by atoms with van der Waals surface area (Å²) in [4.78, 5) is 3.68. The largest absolute Gasteiger partial charge is 0.252 e. The van der Waals surface area contributed by atoms with Crippen molar-refractivity contribution in [3.63, 3.8) is 0 Å². The summed E-state index contributed by atoms with van der Waals surface area (Å²) in [5.74, 6) is 0.119. The lowest BCUT2D eigenvalue weighted by molar-refractivity contribution is 0.690. The van der Waals surface area contributed by atoms with Gasteiger partial charge in [-0.2, -0.15) is 5.26 Å². The summed E-state index contributed by atoms with van der Waals surface area (Å²) < 4.78 is 1.43. The normalized spacial score (nSPS) is 11.2. The van der Waals surface area contributed by atoms with Crippen molar-refractivity contribution >= 4 is 23.2 Å². The Morgan fingerprint density at radius 3 is 3.08 bits per heavy atom. The first-order chi connectivity index (χ1) is 5.76. The van der Waals surface area contributed by atoms with E-state index >= 15 is 0 Å². The van der Waals surface area contributed by atoms with Gasteiger partial charge in [0.15, 0.2) is 0 Å². The molecule has 4 nitrogen and oxygen atoms in total. The minimum absolute atomic E-state index is 0.119. The number of nitriles is 1. The molecule has 0 bridgehead atoms. The Hall–Kier alpha value is -1.05. The van der Waals surface area contributed by atoms with Gasteiger partial charge in [-0.05, 0) is 0 Å². The predicted octanol–water partition coefficient (Wildman–Crippen LogP) is 1.47. The first-order valence-electron chi connectivity index (χ1n) is 3.00. The maximum absolute atomic E-state index is 8.38. The predicted molar refractivity (Wildman–Crippen MR) is 44.5 cm³/mol. The fourth-order valence-electron chi connectivity index (χ4n) is 0.611. The van der Waals surface area contributed by atoms with Gasteiger partial charge in [0.1, 0.15) is 12.4 Å². The number of nitrogens with zero attached hydrogens (tertiary/aromatic N) is 4. The zero-order valence-corrected chi connectivity index (χ0v) is 7.42. The monoisotopic (exact) mass is 202 g/mol. The first-order valence-corrected chi connectivity index (χ1v) is 3.82. The minimum atomic E-state index is 0.119. The van der Waals surface area contributed by atoms with Crippen LogP contribution in [0.15, 0.2) is 16.9 Å². The van der Waals surface area contributed by atoms with Gasteiger partial charge in [-0.15, -0.1) is 5.10 Å². The number of halogens is 2. The molecule has 0 amide bonds. The minimum Gasteiger partial charge on any atom is -0.246 e. The fourth-order valence-corrected chi connectivity index (χ4v) is 0.803. The number of hydrogen-bond donors (Lipinski definition) is 0. The van der Waals surface area contributed by atoms with Crippen molar-refractivity contribution in [3.8, 4) is 6.07 Å². The van der Waals surface area contributed by atoms with E-state index in [1.54, 1.807) is 6.07 Å². The highest BCUT2D eigenvalue weighted by Gasteiger charge is 1.99. The van der Waals surface area contributed by atoms with E-state index in [-0.39, 0.29) is 5.82 Å². The topological polar surface area (TPSA) is 54.5 Å². The first kappa shape index (κ1) is 9.04. The molecular formula is C6H4Cl2N4. The summed E-state index contributed by atoms with van der Waals surface area (Å²) >= 11 is 10.9. The summed E-state index contributed by atoms with van der Waals surface area (Å²) in [6, 6.07) is 1.80. The van der Waals surface area contributed by atoms with E-state index in [1.165, 1.54) is 16.5 Å². The van der Waals surface area contributed by atoms with Crippen molar-refractivity contribution in [3.05, 3.63) is 22.7 Å². The number of allylic oxidation sites excluding steroid dienone is 1. The SMILES string of the molecule is N#Cc1ncn(CC(Cl)=CCl)n1. The van der Waals surface area contributed by atoms with E-state index in [0.29, 0.717) is 11.6 Å². The Bertz CT molecular complexity index is 336. The molecule has 0 spiro atoms. The van der Waals surface area contributed by atoms with Crippen molar-refractivity contribution in [2.45, 2.75) is 6.54 Å². The quantitative estimate of drug-likeness (QED) is 0.731. The van der Waals surface area contributed by atoms with Gasteiger partial charge in [0.2, 0.25) is 0 Å². The molecule has 0 aromatic carbocycles. The van der Waals surface area contributed by atoms with Crippen molar-refractivity contribution in [1.29, 1.82) is 5.26 Å². The third-order valence-electron chi connectivity index (χ3n) is 1.07. The molecule has 0 aliphatic rings. The van der Waals surface area contributed by atoms with Gasteiger partial charge in [-0.25, -0.2) is 9.67 Å². The van der Waals surface area contributed by atoms with E-state index in [9.17, 15) is 0 Å². The van der Waals surface area contributed by atoms with Crippen LogP contribution in [-0.4, -0.2) is 14.8 Å². The average molecular weight is 203 g/mol. The molecule has 0 radical (unpaired) electrons. The molecule has 6 heteroatoms. The van der Waals surface area contributed by atoms with Gasteiger partial charge in [0.25, 0.3) is 5.82 Å². The maximum Gasteiger partial charge on any atom is 0.252 e. The van der Waals surface area contributed by atoms with Crippen LogP contribution in [0.2, 0.25) is 0 Å². The van der Waals surface area contributed by atoms with Gasteiger partial charge < -0.3 is 0 Å². The molecule has 1 aromatic rings. The van der Waals surface area contributed by atoms with E-state index in [2.05, 4.69) is 10.1 Å². The Labute approximate surface area is 79.0 Å². The van der Waals surface area contributed by atoms with Gasteiger partial charge in [-0.3, -0.25) is 0 Å². The van der Waals surface area contributed by atoms with Crippen molar-refractivity contribution in [1.82, 2.24) is 14.8 Å². The second-order valence-corrected chi connectivity index (χ2v) is 2.64. The van der Waals surface area contributed by atoms with Crippen LogP contribution in [0.3, 0.4) is 0 Å². The summed E-state index contributed by atoms with van der Waals surface area (Å²) in [6.07, 6.45) is 1.42. The third kappa shape index (κ3) is 2.22. The van der Waals surface area contributed by atoms with Crippen LogP contribution in [-0.2, 0) is 6.54 Å². The molecule has 62 valence electrons. The molecule has 1 rings (SSSR count). The molecule has 0 atom stereocenters. The van der Waals surface area contributed by atoms with Gasteiger partial charge in [0, 0.05) is 5.54 Å². The maximum atomic E-state index is 8.38. The Balaban J connectivity index is 2.72. The second-order valence-electron chi connectivity index (χ2n) is 1.93. The van der Waals surface area contributed by atoms with Crippen molar-refractivity contribution in [2.24, 2.45) is 0 Å². The van der Waals surface area contributed by atoms with Crippen molar-refractivity contribution < 1.29 is 0 Å². The molecule has 1 heterocycles. The Morgan fingerprint density at radius 1 is 1.83 bits per heavy atom. The van der Waals surface area contributed by atoms with Crippen molar-refractivity contribution in [2.75, 3.05) is 0 Å². The van der Waals surface area contributed by atoms with Gasteiger partial charge >= 0.3 is 0 Å². The van der Waals surface area contributed by atoms with Crippen LogP contribution in [0.1, 0.15) is 5.82 Å². The molecule has 0 fully saturated rings. The Kier molecular flexibility index (Phi) is 3.09. The highest BCUT2D eigenvalue weighted by atomic mass is 35.5. The van der Waals surface area contributed by atoms with E-state index in [0.717, 1.165) is 0 Å². The molecule has 12 heavy (non-hydrogen) atoms. The summed E-state index contributed by atoms with van der Waals surface area (Å²) in [6.45, 7) is 0.333. The molecule has 0 saturated heterocycles. The van der Waals surface area contributed by atoms with E-state index in [4.69, 9.17) is 28.5 Å². The molecule has 0 N–H and O–H groups in total. The molecule has 0 saturated carbocycles. The lowest BCUT2D eigenvalue weighted by atomic mass is 10.6. The molecule has 0 unspecified atom stereocenters. The fraction of sp³-hybridized carbons (Fsp3) is 0.167. The molecule has 1 aromatic heterocycles. The lowest BCUT2D eigenvalue weighted by Gasteiger charge is -1.94. The summed E-state index contributed by atoms with van der Waals surface area (Å²) in [5, 5.41) is 12.6. The third-order valence-corrected chi connectivity index (χ3v) is 1.67. The van der Waals surface area contributed by atoms with Crippen LogP contribution in [0.25, 0.3) is 0 Å². The van der Waals surface area contributed by atoms with Crippen LogP contribution >= 0.6 is 23.2 Å². The lowest BCUT2D eigenvalue weighted by Crippen LogP contribution is -1.98. The van der Waals surface area contributed by atoms with Gasteiger partial charge in [0.05, 0.1) is 11.6 Å².